The van der Waals surface area contributed by atoms with E-state index >= 15 is 0 Å². The topological polar surface area (TPSA) is 79.1 Å². The number of β-amino-alcohol motifs (C(OH)–C–C–N with tert-alkyl or cyclic N) is 1. The fraction of sp³-hybridized carbons (Fsp3) is 0.688. The standard InChI is InChI=1S/C16H23F3N6O/c1-15(2,3)23-14-21-12(24-6-4-10(26)8-24)11-13(22-14)25(9-20-11)7-5-16(17,18)19/h9-10,26H,4-8H2,1-3H3,(H,21,22,23)/t10-/m0/s1. The number of nitrogens with zero attached hydrogens (tertiary/aromatic N) is 5. The van der Waals surface area contributed by atoms with Gasteiger partial charge in [0, 0.05) is 25.2 Å². The molecule has 0 saturated carbocycles. The molecule has 10 heteroatoms. The first-order valence-corrected chi connectivity index (χ1v) is 8.53. The van der Waals surface area contributed by atoms with E-state index in [1.165, 1.54) is 10.9 Å². The molecule has 0 amide bonds. The molecule has 2 aromatic heterocycles. The van der Waals surface area contributed by atoms with Gasteiger partial charge in [-0.25, -0.2) is 4.98 Å². The zero-order valence-corrected chi connectivity index (χ0v) is 15.0. The number of aromatic nitrogens is 4. The summed E-state index contributed by atoms with van der Waals surface area (Å²) in [6, 6.07) is 0. The lowest BCUT2D eigenvalue weighted by molar-refractivity contribution is -0.136. The molecule has 1 aliphatic rings. The summed E-state index contributed by atoms with van der Waals surface area (Å²) in [6.45, 7) is 6.60. The largest absolute Gasteiger partial charge is 0.391 e. The van der Waals surface area contributed by atoms with Gasteiger partial charge < -0.3 is 19.9 Å². The van der Waals surface area contributed by atoms with Crippen molar-refractivity contribution in [3.8, 4) is 0 Å². The molecule has 0 spiro atoms. The van der Waals surface area contributed by atoms with Crippen molar-refractivity contribution in [3.63, 3.8) is 0 Å². The molecule has 0 bridgehead atoms. The molecule has 3 rings (SSSR count). The van der Waals surface area contributed by atoms with Crippen LogP contribution in [-0.4, -0.2) is 55.5 Å². The second-order valence-electron chi connectivity index (χ2n) is 7.61. The van der Waals surface area contributed by atoms with E-state index in [2.05, 4.69) is 20.3 Å². The first-order valence-electron chi connectivity index (χ1n) is 8.53. The lowest BCUT2D eigenvalue weighted by Crippen LogP contribution is -2.29. The van der Waals surface area contributed by atoms with Crippen molar-refractivity contribution in [2.75, 3.05) is 23.3 Å². The number of hydrogen-bond donors (Lipinski definition) is 2. The summed E-state index contributed by atoms with van der Waals surface area (Å²) in [6.07, 6.45) is -3.68. The molecule has 26 heavy (non-hydrogen) atoms. The van der Waals surface area contributed by atoms with E-state index in [0.29, 0.717) is 42.4 Å². The molecule has 0 unspecified atom stereocenters. The normalized spacial score (nSPS) is 18.7. The molecule has 7 nitrogen and oxygen atoms in total. The second-order valence-corrected chi connectivity index (χ2v) is 7.61. The van der Waals surface area contributed by atoms with Gasteiger partial charge >= 0.3 is 6.18 Å². The maximum atomic E-state index is 12.6. The number of rotatable bonds is 4. The van der Waals surface area contributed by atoms with E-state index in [9.17, 15) is 18.3 Å². The summed E-state index contributed by atoms with van der Waals surface area (Å²) in [5, 5.41) is 13.0. The highest BCUT2D eigenvalue weighted by Crippen LogP contribution is 2.29. The van der Waals surface area contributed by atoms with E-state index < -0.39 is 18.7 Å². The van der Waals surface area contributed by atoms with Crippen LogP contribution in [0.2, 0.25) is 0 Å². The molecule has 1 fully saturated rings. The van der Waals surface area contributed by atoms with E-state index in [0.717, 1.165) is 0 Å². The highest BCUT2D eigenvalue weighted by Gasteiger charge is 2.29. The van der Waals surface area contributed by atoms with Crippen LogP contribution in [0, 0.1) is 0 Å². The molecule has 0 aromatic carbocycles. The summed E-state index contributed by atoms with van der Waals surface area (Å²) in [5.74, 6) is 0.860. The van der Waals surface area contributed by atoms with Crippen LogP contribution in [0.15, 0.2) is 6.33 Å². The van der Waals surface area contributed by atoms with Crippen molar-refractivity contribution in [3.05, 3.63) is 6.33 Å². The number of halogens is 3. The van der Waals surface area contributed by atoms with Crippen molar-refractivity contribution in [2.45, 2.75) is 58.0 Å². The number of anilines is 2. The Labute approximate surface area is 149 Å². The van der Waals surface area contributed by atoms with Crippen LogP contribution >= 0.6 is 0 Å². The maximum absolute atomic E-state index is 12.6. The Balaban J connectivity index is 2.02. The Morgan fingerprint density at radius 1 is 1.27 bits per heavy atom. The number of nitrogens with one attached hydrogen (secondary N) is 1. The monoisotopic (exact) mass is 372 g/mol. The predicted octanol–water partition coefficient (Wildman–Crippen LogP) is 2.56. The maximum Gasteiger partial charge on any atom is 0.390 e. The van der Waals surface area contributed by atoms with Gasteiger partial charge in [0.15, 0.2) is 17.0 Å². The Kier molecular flexibility index (Phi) is 4.72. The fourth-order valence-electron chi connectivity index (χ4n) is 2.89. The predicted molar refractivity (Wildman–Crippen MR) is 92.2 cm³/mol. The molecule has 2 N–H and O–H groups in total. The summed E-state index contributed by atoms with van der Waals surface area (Å²) in [5.41, 5.74) is 0.486. The van der Waals surface area contributed by atoms with Crippen LogP contribution in [-0.2, 0) is 6.54 Å². The minimum atomic E-state index is -4.25. The van der Waals surface area contributed by atoms with E-state index in [1.807, 2.05) is 25.7 Å². The first-order chi connectivity index (χ1) is 12.0. The number of imidazole rings is 1. The molecule has 0 aliphatic carbocycles. The third-order valence-corrected chi connectivity index (χ3v) is 4.03. The second kappa shape index (κ2) is 6.57. The van der Waals surface area contributed by atoms with Gasteiger partial charge in [-0.1, -0.05) is 0 Å². The minimum Gasteiger partial charge on any atom is -0.391 e. The number of aliphatic hydroxyl groups is 1. The van der Waals surface area contributed by atoms with E-state index in [4.69, 9.17) is 0 Å². The number of aliphatic hydroxyl groups excluding tert-OH is 1. The van der Waals surface area contributed by atoms with Gasteiger partial charge in [-0.3, -0.25) is 0 Å². The molecule has 3 heterocycles. The Bertz CT molecular complexity index is 783. The average Bonchev–Trinajstić information content (AvgIpc) is 3.08. The van der Waals surface area contributed by atoms with E-state index in [1.54, 1.807) is 0 Å². The molecule has 1 atom stereocenters. The summed E-state index contributed by atoms with van der Waals surface area (Å²) in [4.78, 5) is 15.1. The number of aryl methyl sites for hydroxylation is 1. The summed E-state index contributed by atoms with van der Waals surface area (Å²) in [7, 11) is 0. The zero-order valence-electron chi connectivity index (χ0n) is 15.0. The van der Waals surface area contributed by atoms with Crippen LogP contribution in [0.4, 0.5) is 24.9 Å². The van der Waals surface area contributed by atoms with Crippen molar-refractivity contribution >= 4 is 22.9 Å². The first kappa shape index (κ1) is 18.7. The van der Waals surface area contributed by atoms with Crippen molar-refractivity contribution in [1.29, 1.82) is 0 Å². The quantitative estimate of drug-likeness (QED) is 0.859. The molecule has 1 aliphatic heterocycles. The zero-order chi connectivity index (χ0) is 19.1. The van der Waals surface area contributed by atoms with Crippen LogP contribution in [0.1, 0.15) is 33.6 Å². The lowest BCUT2D eigenvalue weighted by Gasteiger charge is -2.23. The van der Waals surface area contributed by atoms with E-state index in [-0.39, 0.29) is 12.1 Å². The van der Waals surface area contributed by atoms with Gasteiger partial charge in [0.25, 0.3) is 0 Å². The Morgan fingerprint density at radius 3 is 2.58 bits per heavy atom. The van der Waals surface area contributed by atoms with Crippen molar-refractivity contribution < 1.29 is 18.3 Å². The van der Waals surface area contributed by atoms with Crippen molar-refractivity contribution in [2.24, 2.45) is 0 Å². The molecule has 2 aromatic rings. The van der Waals surface area contributed by atoms with Gasteiger partial charge in [0.2, 0.25) is 5.95 Å². The molecule has 1 saturated heterocycles. The number of fused-ring (bicyclic) bond motifs is 1. The summed E-state index contributed by atoms with van der Waals surface area (Å²) < 4.78 is 39.2. The highest BCUT2D eigenvalue weighted by atomic mass is 19.4. The van der Waals surface area contributed by atoms with Crippen LogP contribution in [0.3, 0.4) is 0 Å². The number of alkyl halides is 3. The van der Waals surface area contributed by atoms with Crippen molar-refractivity contribution in [1.82, 2.24) is 19.5 Å². The van der Waals surface area contributed by atoms with Gasteiger partial charge in [0.05, 0.1) is 18.9 Å². The highest BCUT2D eigenvalue weighted by molar-refractivity contribution is 5.85. The molecular formula is C16H23F3N6O. The number of hydrogen-bond acceptors (Lipinski definition) is 6. The van der Waals surface area contributed by atoms with Crippen LogP contribution < -0.4 is 10.2 Å². The third kappa shape index (κ3) is 4.35. The van der Waals surface area contributed by atoms with Crippen LogP contribution in [0.5, 0.6) is 0 Å². The molecule has 0 radical (unpaired) electrons. The molecular weight excluding hydrogens is 349 g/mol. The third-order valence-electron chi connectivity index (χ3n) is 4.03. The Hall–Kier alpha value is -2.10. The Morgan fingerprint density at radius 2 is 2.00 bits per heavy atom. The van der Waals surface area contributed by atoms with Gasteiger partial charge in [0.1, 0.15) is 0 Å². The SMILES string of the molecule is CC(C)(C)Nc1nc(N2CC[C@H](O)C2)c2ncn(CCC(F)(F)F)c2n1. The van der Waals surface area contributed by atoms with Gasteiger partial charge in [-0.2, -0.15) is 23.1 Å². The lowest BCUT2D eigenvalue weighted by atomic mass is 10.1. The van der Waals surface area contributed by atoms with Gasteiger partial charge in [-0.15, -0.1) is 0 Å². The molecule has 144 valence electrons. The average molecular weight is 372 g/mol. The fourth-order valence-corrected chi connectivity index (χ4v) is 2.89. The minimum absolute atomic E-state index is 0.256. The van der Waals surface area contributed by atoms with Gasteiger partial charge in [-0.05, 0) is 27.2 Å². The smallest absolute Gasteiger partial charge is 0.390 e. The summed E-state index contributed by atoms with van der Waals surface area (Å²) >= 11 is 0. The van der Waals surface area contributed by atoms with Crippen LogP contribution in [0.25, 0.3) is 11.2 Å².